The van der Waals surface area contributed by atoms with E-state index in [0.717, 1.165) is 31.7 Å². The summed E-state index contributed by atoms with van der Waals surface area (Å²) in [5.74, 6) is 0. The molecule has 0 amide bonds. The van der Waals surface area contributed by atoms with E-state index >= 15 is 0 Å². The Bertz CT molecular complexity index is 482. The van der Waals surface area contributed by atoms with Crippen LogP contribution in [0.15, 0.2) is 22.7 Å². The van der Waals surface area contributed by atoms with Crippen molar-refractivity contribution < 1.29 is 18.3 Å². The predicted octanol–water partition coefficient (Wildman–Crippen LogP) is 4.97. The topological polar surface area (TPSA) is 32.3 Å². The summed E-state index contributed by atoms with van der Waals surface area (Å²) in [5.41, 5.74) is -1.61. The first-order chi connectivity index (χ1) is 9.80. The van der Waals surface area contributed by atoms with Crippen molar-refractivity contribution in [2.75, 3.05) is 11.9 Å². The first-order valence-corrected chi connectivity index (χ1v) is 7.92. The smallest absolute Gasteiger partial charge is 0.388 e. The molecule has 0 saturated heterocycles. The van der Waals surface area contributed by atoms with Crippen LogP contribution in [0.1, 0.15) is 44.1 Å². The maximum atomic E-state index is 13.0. The number of benzene rings is 1. The van der Waals surface area contributed by atoms with Gasteiger partial charge in [-0.1, -0.05) is 41.6 Å². The van der Waals surface area contributed by atoms with Crippen molar-refractivity contribution in [3.05, 3.63) is 28.2 Å². The zero-order valence-electron chi connectivity index (χ0n) is 11.6. The second-order valence-corrected chi connectivity index (χ2v) is 6.60. The molecule has 0 atom stereocenters. The maximum absolute atomic E-state index is 13.0. The third-order valence-corrected chi connectivity index (χ3v) is 4.42. The fourth-order valence-electron chi connectivity index (χ4n) is 2.73. The van der Waals surface area contributed by atoms with Crippen molar-refractivity contribution in [3.63, 3.8) is 0 Å². The number of rotatable bonds is 3. The van der Waals surface area contributed by atoms with Gasteiger partial charge in [0, 0.05) is 16.7 Å². The number of alkyl halides is 3. The Morgan fingerprint density at radius 1 is 1.14 bits per heavy atom. The fourth-order valence-corrected chi connectivity index (χ4v) is 3.09. The molecule has 0 heterocycles. The van der Waals surface area contributed by atoms with Gasteiger partial charge in [-0.15, -0.1) is 0 Å². The molecule has 0 spiro atoms. The number of nitrogens with one attached hydrogen (secondary N) is 1. The van der Waals surface area contributed by atoms with Gasteiger partial charge in [-0.05, 0) is 31.0 Å². The Morgan fingerprint density at radius 2 is 1.76 bits per heavy atom. The summed E-state index contributed by atoms with van der Waals surface area (Å²) in [6.45, 7) is 0.151. The summed E-state index contributed by atoms with van der Waals surface area (Å²) >= 11 is 3.06. The number of hydrogen-bond acceptors (Lipinski definition) is 2. The lowest BCUT2D eigenvalue weighted by Gasteiger charge is -2.28. The van der Waals surface area contributed by atoms with E-state index in [1.165, 1.54) is 6.07 Å². The molecule has 0 bridgehead atoms. The molecule has 2 N–H and O–H groups in total. The summed E-state index contributed by atoms with van der Waals surface area (Å²) < 4.78 is 39.5. The van der Waals surface area contributed by atoms with Crippen LogP contribution in [0.5, 0.6) is 0 Å². The molecule has 1 aromatic carbocycles. The normalized spacial score (nSPS) is 19.1. The Balaban J connectivity index is 2.12. The summed E-state index contributed by atoms with van der Waals surface area (Å²) in [6.07, 6.45) is 0.853. The van der Waals surface area contributed by atoms with Gasteiger partial charge in [-0.2, -0.15) is 13.2 Å². The highest BCUT2D eigenvalue weighted by molar-refractivity contribution is 9.10. The first-order valence-electron chi connectivity index (χ1n) is 7.13. The zero-order chi connectivity index (χ0) is 15.5. The molecule has 1 aliphatic rings. The van der Waals surface area contributed by atoms with E-state index in [1.807, 2.05) is 0 Å². The van der Waals surface area contributed by atoms with Crippen molar-refractivity contribution >= 4 is 21.6 Å². The standard InChI is InChI=1S/C15H19BrF3NO/c16-11-5-6-13(12(9-11)15(17,18)19)20-10-14(21)7-3-1-2-4-8-14/h5-6,9,20-21H,1-4,7-8,10H2. The zero-order valence-corrected chi connectivity index (χ0v) is 13.2. The Kier molecular flexibility index (Phi) is 5.20. The van der Waals surface area contributed by atoms with Gasteiger partial charge >= 0.3 is 6.18 Å². The minimum Gasteiger partial charge on any atom is -0.388 e. The quantitative estimate of drug-likeness (QED) is 0.741. The average Bonchev–Trinajstić information content (AvgIpc) is 2.62. The van der Waals surface area contributed by atoms with E-state index in [9.17, 15) is 18.3 Å². The summed E-state index contributed by atoms with van der Waals surface area (Å²) in [7, 11) is 0. The number of aliphatic hydroxyl groups is 1. The van der Waals surface area contributed by atoms with Crippen molar-refractivity contribution in [3.8, 4) is 0 Å². The van der Waals surface area contributed by atoms with Crippen LogP contribution in [0.2, 0.25) is 0 Å². The molecule has 1 aliphatic carbocycles. The molecule has 0 unspecified atom stereocenters. The molecule has 0 aromatic heterocycles. The lowest BCUT2D eigenvalue weighted by molar-refractivity contribution is -0.137. The van der Waals surface area contributed by atoms with Crippen molar-refractivity contribution in [2.24, 2.45) is 0 Å². The van der Waals surface area contributed by atoms with Crippen LogP contribution < -0.4 is 5.32 Å². The predicted molar refractivity (Wildman–Crippen MR) is 80.3 cm³/mol. The minimum absolute atomic E-state index is 0.0170. The van der Waals surface area contributed by atoms with Crippen LogP contribution in [-0.2, 0) is 6.18 Å². The Morgan fingerprint density at radius 3 is 2.33 bits per heavy atom. The van der Waals surface area contributed by atoms with Gasteiger partial charge in [-0.3, -0.25) is 0 Å². The molecule has 1 aromatic rings. The molecule has 2 rings (SSSR count). The van der Waals surface area contributed by atoms with E-state index in [2.05, 4.69) is 21.2 Å². The van der Waals surface area contributed by atoms with Gasteiger partial charge in [0.15, 0.2) is 0 Å². The van der Waals surface area contributed by atoms with Crippen molar-refractivity contribution in [2.45, 2.75) is 50.3 Å². The van der Waals surface area contributed by atoms with E-state index in [-0.39, 0.29) is 12.2 Å². The summed E-state index contributed by atoms with van der Waals surface area (Å²) in [5, 5.41) is 13.3. The monoisotopic (exact) mass is 365 g/mol. The van der Waals surface area contributed by atoms with Crippen molar-refractivity contribution in [1.29, 1.82) is 0 Å². The van der Waals surface area contributed by atoms with Gasteiger partial charge in [0.1, 0.15) is 0 Å². The number of halogens is 4. The highest BCUT2D eigenvalue weighted by atomic mass is 79.9. The molecule has 118 valence electrons. The molecule has 21 heavy (non-hydrogen) atoms. The molecule has 2 nitrogen and oxygen atoms in total. The molecule has 0 aliphatic heterocycles. The lowest BCUT2D eigenvalue weighted by atomic mass is 9.94. The van der Waals surface area contributed by atoms with Crippen LogP contribution in [0.3, 0.4) is 0 Å². The van der Waals surface area contributed by atoms with Gasteiger partial charge in [0.25, 0.3) is 0 Å². The second kappa shape index (κ2) is 6.57. The Labute approximate surface area is 130 Å². The maximum Gasteiger partial charge on any atom is 0.418 e. The minimum atomic E-state index is -4.42. The highest BCUT2D eigenvalue weighted by Crippen LogP contribution is 2.37. The molecule has 1 saturated carbocycles. The van der Waals surface area contributed by atoms with E-state index < -0.39 is 17.3 Å². The van der Waals surface area contributed by atoms with E-state index in [0.29, 0.717) is 17.3 Å². The summed E-state index contributed by atoms with van der Waals surface area (Å²) in [6, 6.07) is 4.02. The van der Waals surface area contributed by atoms with E-state index in [1.54, 1.807) is 6.07 Å². The first kappa shape index (κ1) is 16.6. The van der Waals surface area contributed by atoms with E-state index in [4.69, 9.17) is 0 Å². The molecular weight excluding hydrogens is 347 g/mol. The van der Waals surface area contributed by atoms with Gasteiger partial charge in [-0.25, -0.2) is 0 Å². The van der Waals surface area contributed by atoms with Crippen LogP contribution >= 0.6 is 15.9 Å². The third-order valence-electron chi connectivity index (χ3n) is 3.93. The second-order valence-electron chi connectivity index (χ2n) is 5.68. The summed E-state index contributed by atoms with van der Waals surface area (Å²) in [4.78, 5) is 0. The van der Waals surface area contributed by atoms with Crippen LogP contribution in [-0.4, -0.2) is 17.3 Å². The van der Waals surface area contributed by atoms with Crippen LogP contribution in [0, 0.1) is 0 Å². The number of anilines is 1. The lowest BCUT2D eigenvalue weighted by Crippen LogP contribution is -2.36. The van der Waals surface area contributed by atoms with Crippen LogP contribution in [0.4, 0.5) is 18.9 Å². The largest absolute Gasteiger partial charge is 0.418 e. The molecular formula is C15H19BrF3NO. The van der Waals surface area contributed by atoms with Crippen molar-refractivity contribution in [1.82, 2.24) is 0 Å². The molecule has 1 fully saturated rings. The Hall–Kier alpha value is -0.750. The molecule has 6 heteroatoms. The highest BCUT2D eigenvalue weighted by Gasteiger charge is 2.35. The SMILES string of the molecule is OC1(CNc2ccc(Br)cc2C(F)(F)F)CCCCCC1. The fraction of sp³-hybridized carbons (Fsp3) is 0.600. The van der Waals surface area contributed by atoms with Gasteiger partial charge in [0.05, 0.1) is 11.2 Å². The van der Waals surface area contributed by atoms with Gasteiger partial charge < -0.3 is 10.4 Å². The third kappa shape index (κ3) is 4.61. The number of hydrogen-bond donors (Lipinski definition) is 2. The van der Waals surface area contributed by atoms with Crippen LogP contribution in [0.25, 0.3) is 0 Å². The average molecular weight is 366 g/mol. The molecule has 0 radical (unpaired) electrons. The van der Waals surface area contributed by atoms with Gasteiger partial charge in [0.2, 0.25) is 0 Å².